The maximum Gasteiger partial charge on any atom is 0.257 e. The lowest BCUT2D eigenvalue weighted by atomic mass is 10.1. The van der Waals surface area contributed by atoms with Crippen LogP contribution in [0.5, 0.6) is 0 Å². The summed E-state index contributed by atoms with van der Waals surface area (Å²) in [4.78, 5) is 33.4. The average molecular weight is 387 g/mol. The molecule has 0 saturated carbocycles. The van der Waals surface area contributed by atoms with Crippen LogP contribution in [0.1, 0.15) is 26.5 Å². The minimum absolute atomic E-state index is 0.258. The van der Waals surface area contributed by atoms with Gasteiger partial charge < -0.3 is 15.1 Å². The molecule has 0 radical (unpaired) electrons. The summed E-state index contributed by atoms with van der Waals surface area (Å²) in [6.07, 6.45) is 8.06. The van der Waals surface area contributed by atoms with Crippen molar-refractivity contribution < 1.29 is 14.0 Å². The van der Waals surface area contributed by atoms with Crippen molar-refractivity contribution >= 4 is 17.5 Å². The Balaban J connectivity index is 1.46. The van der Waals surface area contributed by atoms with Crippen LogP contribution in [0.2, 0.25) is 0 Å². The van der Waals surface area contributed by atoms with Crippen molar-refractivity contribution in [1.82, 2.24) is 19.9 Å². The van der Waals surface area contributed by atoms with E-state index in [9.17, 15) is 9.59 Å². The summed E-state index contributed by atoms with van der Waals surface area (Å²) in [6.45, 7) is 0.258. The SMILES string of the molecule is O=C(Nc1ccccc1C(=O)NCc1ccco1)c1ccc(-n2ccnc2)nc1. The van der Waals surface area contributed by atoms with Gasteiger partial charge in [0.25, 0.3) is 11.8 Å². The summed E-state index contributed by atoms with van der Waals surface area (Å²) in [7, 11) is 0. The van der Waals surface area contributed by atoms with Gasteiger partial charge in [0.2, 0.25) is 0 Å². The smallest absolute Gasteiger partial charge is 0.257 e. The van der Waals surface area contributed by atoms with Gasteiger partial charge in [-0.2, -0.15) is 0 Å². The molecule has 0 aliphatic heterocycles. The van der Waals surface area contributed by atoms with Crippen molar-refractivity contribution in [3.8, 4) is 5.82 Å². The molecule has 8 heteroatoms. The van der Waals surface area contributed by atoms with Gasteiger partial charge in [0, 0.05) is 18.6 Å². The molecule has 0 unspecified atom stereocenters. The number of anilines is 1. The van der Waals surface area contributed by atoms with E-state index in [-0.39, 0.29) is 18.4 Å². The van der Waals surface area contributed by atoms with E-state index < -0.39 is 0 Å². The largest absolute Gasteiger partial charge is 0.467 e. The number of furan rings is 1. The van der Waals surface area contributed by atoms with Gasteiger partial charge in [-0.15, -0.1) is 0 Å². The molecule has 0 atom stereocenters. The number of rotatable bonds is 6. The van der Waals surface area contributed by atoms with Crippen LogP contribution in [0.3, 0.4) is 0 Å². The predicted molar refractivity (Wildman–Crippen MR) is 106 cm³/mol. The monoisotopic (exact) mass is 387 g/mol. The molecule has 0 aliphatic rings. The zero-order chi connectivity index (χ0) is 20.1. The van der Waals surface area contributed by atoms with Crippen LogP contribution < -0.4 is 10.6 Å². The van der Waals surface area contributed by atoms with Crippen LogP contribution >= 0.6 is 0 Å². The fourth-order valence-corrected chi connectivity index (χ4v) is 2.73. The summed E-state index contributed by atoms with van der Waals surface area (Å²) >= 11 is 0. The molecule has 2 amide bonds. The second-order valence-corrected chi connectivity index (χ2v) is 6.14. The first kappa shape index (κ1) is 18.2. The quantitative estimate of drug-likeness (QED) is 0.529. The van der Waals surface area contributed by atoms with Crippen LogP contribution in [0.25, 0.3) is 5.82 Å². The summed E-state index contributed by atoms with van der Waals surface area (Å²) in [5.41, 5.74) is 1.14. The van der Waals surface area contributed by atoms with Gasteiger partial charge >= 0.3 is 0 Å². The highest BCUT2D eigenvalue weighted by Crippen LogP contribution is 2.17. The first-order chi connectivity index (χ1) is 14.2. The first-order valence-corrected chi connectivity index (χ1v) is 8.86. The average Bonchev–Trinajstić information content (AvgIpc) is 3.47. The van der Waals surface area contributed by atoms with Crippen LogP contribution in [-0.4, -0.2) is 26.3 Å². The van der Waals surface area contributed by atoms with E-state index >= 15 is 0 Å². The highest BCUT2D eigenvalue weighted by molar-refractivity contribution is 6.08. The fraction of sp³-hybridized carbons (Fsp3) is 0.0476. The number of imidazole rings is 1. The molecular formula is C21H17N5O3. The Labute approximate surface area is 166 Å². The number of nitrogens with zero attached hydrogens (tertiary/aromatic N) is 3. The minimum Gasteiger partial charge on any atom is -0.467 e. The molecule has 144 valence electrons. The molecule has 4 aromatic rings. The molecule has 0 aliphatic carbocycles. The van der Waals surface area contributed by atoms with E-state index in [0.29, 0.717) is 28.4 Å². The van der Waals surface area contributed by atoms with Gasteiger partial charge in [0.15, 0.2) is 0 Å². The van der Waals surface area contributed by atoms with Crippen molar-refractivity contribution in [3.63, 3.8) is 0 Å². The van der Waals surface area contributed by atoms with Crippen molar-refractivity contribution in [3.05, 3.63) is 96.6 Å². The highest BCUT2D eigenvalue weighted by atomic mass is 16.3. The standard InChI is InChI=1S/C21H17N5O3/c27-20(15-7-8-19(23-12-15)26-10-9-22-14-26)25-18-6-2-1-5-17(18)21(28)24-13-16-4-3-11-29-16/h1-12,14H,13H2,(H,24,28)(H,25,27). The van der Waals surface area contributed by atoms with Gasteiger partial charge in [-0.1, -0.05) is 12.1 Å². The lowest BCUT2D eigenvalue weighted by Gasteiger charge is -2.11. The molecule has 8 nitrogen and oxygen atoms in total. The number of benzene rings is 1. The third-order valence-electron chi connectivity index (χ3n) is 4.20. The van der Waals surface area contributed by atoms with Gasteiger partial charge in [-0.25, -0.2) is 9.97 Å². The fourth-order valence-electron chi connectivity index (χ4n) is 2.73. The molecule has 2 N–H and O–H groups in total. The summed E-state index contributed by atoms with van der Waals surface area (Å²) in [5, 5.41) is 5.55. The number of hydrogen-bond donors (Lipinski definition) is 2. The Morgan fingerprint density at radius 2 is 1.93 bits per heavy atom. The van der Waals surface area contributed by atoms with E-state index in [1.807, 2.05) is 0 Å². The molecule has 3 aromatic heterocycles. The van der Waals surface area contributed by atoms with Crippen LogP contribution in [0, 0.1) is 0 Å². The summed E-state index contributed by atoms with van der Waals surface area (Å²) in [6, 6.07) is 13.7. The molecule has 29 heavy (non-hydrogen) atoms. The number of carbonyl (C=O) groups is 2. The highest BCUT2D eigenvalue weighted by Gasteiger charge is 2.14. The van der Waals surface area contributed by atoms with E-state index in [1.165, 1.54) is 6.20 Å². The van der Waals surface area contributed by atoms with Gasteiger partial charge in [-0.05, 0) is 36.4 Å². The number of nitrogens with one attached hydrogen (secondary N) is 2. The van der Waals surface area contributed by atoms with E-state index in [1.54, 1.807) is 78.1 Å². The zero-order valence-electron chi connectivity index (χ0n) is 15.3. The van der Waals surface area contributed by atoms with Crippen molar-refractivity contribution in [1.29, 1.82) is 0 Å². The molecular weight excluding hydrogens is 370 g/mol. The molecule has 3 heterocycles. The third-order valence-corrected chi connectivity index (χ3v) is 4.20. The van der Waals surface area contributed by atoms with E-state index in [0.717, 1.165) is 0 Å². The van der Waals surface area contributed by atoms with Crippen LogP contribution in [-0.2, 0) is 6.54 Å². The third kappa shape index (κ3) is 4.22. The number of carbonyl (C=O) groups excluding carboxylic acids is 2. The van der Waals surface area contributed by atoms with Crippen LogP contribution in [0.4, 0.5) is 5.69 Å². The van der Waals surface area contributed by atoms with Gasteiger partial charge in [-0.3, -0.25) is 14.2 Å². The van der Waals surface area contributed by atoms with Crippen molar-refractivity contribution in [2.24, 2.45) is 0 Å². The molecule has 0 bridgehead atoms. The van der Waals surface area contributed by atoms with Gasteiger partial charge in [0.05, 0.1) is 29.6 Å². The lowest BCUT2D eigenvalue weighted by Crippen LogP contribution is -2.24. The number of pyridine rings is 1. The van der Waals surface area contributed by atoms with Crippen LogP contribution in [0.15, 0.2) is 84.1 Å². The molecule has 0 saturated heterocycles. The van der Waals surface area contributed by atoms with Crippen molar-refractivity contribution in [2.75, 3.05) is 5.32 Å². The topological polar surface area (TPSA) is 102 Å². The normalized spacial score (nSPS) is 10.5. The second kappa shape index (κ2) is 8.22. The number of aromatic nitrogens is 3. The molecule has 0 fully saturated rings. The zero-order valence-corrected chi connectivity index (χ0v) is 15.3. The molecule has 1 aromatic carbocycles. The summed E-state index contributed by atoms with van der Waals surface area (Å²) in [5.74, 6) is 0.618. The Morgan fingerprint density at radius 3 is 2.66 bits per heavy atom. The Hall–Kier alpha value is -4.20. The molecule has 4 rings (SSSR count). The first-order valence-electron chi connectivity index (χ1n) is 8.86. The predicted octanol–water partition coefficient (Wildman–Crippen LogP) is 3.04. The number of para-hydroxylation sites is 1. The maximum absolute atomic E-state index is 12.6. The minimum atomic E-state index is -0.360. The lowest BCUT2D eigenvalue weighted by molar-refractivity contribution is 0.0949. The maximum atomic E-state index is 12.6. The van der Waals surface area contributed by atoms with Crippen molar-refractivity contribution in [2.45, 2.75) is 6.54 Å². The van der Waals surface area contributed by atoms with E-state index in [2.05, 4.69) is 20.6 Å². The Bertz CT molecular complexity index is 1100. The summed E-state index contributed by atoms with van der Waals surface area (Å²) < 4.78 is 6.95. The van der Waals surface area contributed by atoms with Gasteiger partial charge in [0.1, 0.15) is 17.9 Å². The Kier molecular flexibility index (Phi) is 5.15. The van der Waals surface area contributed by atoms with E-state index in [4.69, 9.17) is 4.42 Å². The number of amides is 2. The Morgan fingerprint density at radius 1 is 1.03 bits per heavy atom. The number of hydrogen-bond acceptors (Lipinski definition) is 5. The second-order valence-electron chi connectivity index (χ2n) is 6.14. The molecule has 0 spiro atoms.